The summed E-state index contributed by atoms with van der Waals surface area (Å²) in [6.45, 7) is 0. The second kappa shape index (κ2) is 5.31. The standard InChI is InChI=1S/C12H19N3O2/c1-15-7-10(13-8-15)12(17)14-9-5-3-2-4-6-11(9)16/h7-9,11,16H,2-6H2,1H3,(H,14,17). The largest absolute Gasteiger partial charge is 0.391 e. The second-order valence-electron chi connectivity index (χ2n) is 4.71. The Morgan fingerprint density at radius 3 is 2.94 bits per heavy atom. The number of aliphatic hydroxyl groups is 1. The Balaban J connectivity index is 1.97. The van der Waals surface area contributed by atoms with Gasteiger partial charge >= 0.3 is 0 Å². The first-order valence-electron chi connectivity index (χ1n) is 6.13. The highest BCUT2D eigenvalue weighted by molar-refractivity contribution is 5.92. The summed E-state index contributed by atoms with van der Waals surface area (Å²) >= 11 is 0. The summed E-state index contributed by atoms with van der Waals surface area (Å²) in [5, 5.41) is 12.8. The van der Waals surface area contributed by atoms with Crippen LogP contribution < -0.4 is 5.32 Å². The van der Waals surface area contributed by atoms with Crippen LogP contribution in [0.15, 0.2) is 12.5 Å². The number of hydrogen-bond donors (Lipinski definition) is 2. The smallest absolute Gasteiger partial charge is 0.271 e. The fourth-order valence-electron chi connectivity index (χ4n) is 2.23. The number of hydrogen-bond acceptors (Lipinski definition) is 3. The van der Waals surface area contributed by atoms with Gasteiger partial charge in [0.1, 0.15) is 5.69 Å². The number of aryl methyl sites for hydroxylation is 1. The summed E-state index contributed by atoms with van der Waals surface area (Å²) in [7, 11) is 1.82. The number of imidazole rings is 1. The van der Waals surface area contributed by atoms with E-state index in [4.69, 9.17) is 0 Å². The molecule has 0 spiro atoms. The van der Waals surface area contributed by atoms with Crippen molar-refractivity contribution in [2.75, 3.05) is 0 Å². The van der Waals surface area contributed by atoms with Crippen LogP contribution in [0.1, 0.15) is 42.6 Å². The van der Waals surface area contributed by atoms with E-state index in [0.717, 1.165) is 32.1 Å². The van der Waals surface area contributed by atoms with E-state index >= 15 is 0 Å². The van der Waals surface area contributed by atoms with Crippen LogP contribution in [-0.2, 0) is 7.05 Å². The highest BCUT2D eigenvalue weighted by Gasteiger charge is 2.24. The molecule has 1 aliphatic rings. The van der Waals surface area contributed by atoms with Gasteiger partial charge in [-0.1, -0.05) is 19.3 Å². The number of aliphatic hydroxyl groups excluding tert-OH is 1. The third-order valence-corrected chi connectivity index (χ3v) is 3.23. The van der Waals surface area contributed by atoms with E-state index in [1.165, 1.54) is 0 Å². The van der Waals surface area contributed by atoms with Crippen LogP contribution in [0, 0.1) is 0 Å². The maximum absolute atomic E-state index is 11.9. The lowest BCUT2D eigenvalue weighted by molar-refractivity contribution is 0.0814. The fourth-order valence-corrected chi connectivity index (χ4v) is 2.23. The molecule has 0 saturated heterocycles. The molecule has 0 bridgehead atoms. The zero-order valence-corrected chi connectivity index (χ0v) is 10.1. The SMILES string of the molecule is Cn1cnc(C(=O)NC2CCCCCC2O)c1. The lowest BCUT2D eigenvalue weighted by Gasteiger charge is -2.21. The average Bonchev–Trinajstić information content (AvgIpc) is 2.63. The van der Waals surface area contributed by atoms with Crippen LogP contribution in [-0.4, -0.2) is 32.7 Å². The number of amides is 1. The van der Waals surface area contributed by atoms with Crippen LogP contribution in [0.4, 0.5) is 0 Å². The molecule has 17 heavy (non-hydrogen) atoms. The van der Waals surface area contributed by atoms with Crippen molar-refractivity contribution in [3.05, 3.63) is 18.2 Å². The molecular weight excluding hydrogens is 218 g/mol. The van der Waals surface area contributed by atoms with Gasteiger partial charge in [0.05, 0.1) is 18.5 Å². The lowest BCUT2D eigenvalue weighted by atomic mass is 10.1. The van der Waals surface area contributed by atoms with E-state index in [1.807, 2.05) is 7.05 Å². The molecule has 1 heterocycles. The first-order valence-corrected chi connectivity index (χ1v) is 6.13. The Kier molecular flexibility index (Phi) is 3.78. The number of aromatic nitrogens is 2. The van der Waals surface area contributed by atoms with Crippen molar-refractivity contribution in [2.24, 2.45) is 7.05 Å². The summed E-state index contributed by atoms with van der Waals surface area (Å²) in [5.41, 5.74) is 0.406. The van der Waals surface area contributed by atoms with Crippen LogP contribution in [0.25, 0.3) is 0 Å². The Hall–Kier alpha value is -1.36. The molecule has 0 aliphatic heterocycles. The molecule has 1 aromatic heterocycles. The predicted molar refractivity (Wildman–Crippen MR) is 63.6 cm³/mol. The van der Waals surface area contributed by atoms with Gasteiger partial charge in [0.2, 0.25) is 0 Å². The molecule has 5 heteroatoms. The molecule has 94 valence electrons. The summed E-state index contributed by atoms with van der Waals surface area (Å²) in [6, 6.07) is -0.132. The van der Waals surface area contributed by atoms with Crippen molar-refractivity contribution in [1.82, 2.24) is 14.9 Å². The monoisotopic (exact) mass is 237 g/mol. The number of carbonyl (C=O) groups is 1. The lowest BCUT2D eigenvalue weighted by Crippen LogP contribution is -2.42. The van der Waals surface area contributed by atoms with Gasteiger partial charge in [-0.05, 0) is 12.8 Å². The van der Waals surface area contributed by atoms with E-state index < -0.39 is 6.10 Å². The van der Waals surface area contributed by atoms with Crippen molar-refractivity contribution in [1.29, 1.82) is 0 Å². The Labute approximate surface area is 101 Å². The third-order valence-electron chi connectivity index (χ3n) is 3.23. The molecular formula is C12H19N3O2. The molecule has 0 radical (unpaired) electrons. The van der Waals surface area contributed by atoms with E-state index in [9.17, 15) is 9.90 Å². The van der Waals surface area contributed by atoms with Crippen molar-refractivity contribution in [3.63, 3.8) is 0 Å². The molecule has 1 fully saturated rings. The molecule has 1 saturated carbocycles. The topological polar surface area (TPSA) is 67.2 Å². The van der Waals surface area contributed by atoms with E-state index in [-0.39, 0.29) is 11.9 Å². The van der Waals surface area contributed by atoms with E-state index in [2.05, 4.69) is 10.3 Å². The minimum atomic E-state index is -0.426. The summed E-state index contributed by atoms with van der Waals surface area (Å²) < 4.78 is 1.73. The van der Waals surface area contributed by atoms with Crippen molar-refractivity contribution < 1.29 is 9.90 Å². The summed E-state index contributed by atoms with van der Waals surface area (Å²) in [6.07, 6.45) is 7.70. The van der Waals surface area contributed by atoms with Gasteiger partial charge in [-0.15, -0.1) is 0 Å². The van der Waals surface area contributed by atoms with Gasteiger partial charge in [-0.25, -0.2) is 4.98 Å². The van der Waals surface area contributed by atoms with Gasteiger partial charge in [0, 0.05) is 13.2 Å². The maximum atomic E-state index is 11.9. The molecule has 5 nitrogen and oxygen atoms in total. The minimum Gasteiger partial charge on any atom is -0.391 e. The Bertz CT molecular complexity index is 389. The molecule has 1 amide bonds. The minimum absolute atomic E-state index is 0.132. The third kappa shape index (κ3) is 3.06. The zero-order chi connectivity index (χ0) is 12.3. The van der Waals surface area contributed by atoms with Gasteiger partial charge in [0.15, 0.2) is 0 Å². The molecule has 1 aromatic rings. The fraction of sp³-hybridized carbons (Fsp3) is 0.667. The number of nitrogens with one attached hydrogen (secondary N) is 1. The molecule has 2 unspecified atom stereocenters. The van der Waals surface area contributed by atoms with Crippen molar-refractivity contribution in [2.45, 2.75) is 44.2 Å². The number of carbonyl (C=O) groups excluding carboxylic acids is 1. The highest BCUT2D eigenvalue weighted by Crippen LogP contribution is 2.18. The first kappa shape index (κ1) is 12.1. The molecule has 2 atom stereocenters. The van der Waals surface area contributed by atoms with Gasteiger partial charge in [0.25, 0.3) is 5.91 Å². The van der Waals surface area contributed by atoms with Crippen molar-refractivity contribution in [3.8, 4) is 0 Å². The molecule has 0 aromatic carbocycles. The van der Waals surface area contributed by atoms with E-state index in [1.54, 1.807) is 17.1 Å². The summed E-state index contributed by atoms with van der Waals surface area (Å²) in [4.78, 5) is 15.9. The van der Waals surface area contributed by atoms with Gasteiger partial charge in [-0.2, -0.15) is 0 Å². The number of rotatable bonds is 2. The van der Waals surface area contributed by atoms with Crippen molar-refractivity contribution >= 4 is 5.91 Å². The first-order chi connectivity index (χ1) is 8.16. The normalized spacial score (nSPS) is 25.3. The van der Waals surface area contributed by atoms with Gasteiger partial charge < -0.3 is 15.0 Å². The molecule has 2 rings (SSSR count). The van der Waals surface area contributed by atoms with Crippen LogP contribution in [0.2, 0.25) is 0 Å². The average molecular weight is 237 g/mol. The highest BCUT2D eigenvalue weighted by atomic mass is 16.3. The Morgan fingerprint density at radius 1 is 1.47 bits per heavy atom. The predicted octanol–water partition coefficient (Wildman–Crippen LogP) is 0.843. The van der Waals surface area contributed by atoms with Crippen LogP contribution in [0.5, 0.6) is 0 Å². The maximum Gasteiger partial charge on any atom is 0.271 e. The van der Waals surface area contributed by atoms with E-state index in [0.29, 0.717) is 5.69 Å². The number of nitrogens with zero attached hydrogens (tertiary/aromatic N) is 2. The van der Waals surface area contributed by atoms with Crippen LogP contribution >= 0.6 is 0 Å². The molecule has 2 N–H and O–H groups in total. The Morgan fingerprint density at radius 2 is 2.24 bits per heavy atom. The second-order valence-corrected chi connectivity index (χ2v) is 4.71. The van der Waals surface area contributed by atoms with Crippen LogP contribution in [0.3, 0.4) is 0 Å². The van der Waals surface area contributed by atoms with Gasteiger partial charge in [-0.3, -0.25) is 4.79 Å². The summed E-state index contributed by atoms with van der Waals surface area (Å²) in [5.74, 6) is -0.198. The zero-order valence-electron chi connectivity index (χ0n) is 10.1. The quantitative estimate of drug-likeness (QED) is 0.749. The molecule has 1 aliphatic carbocycles.